The summed E-state index contributed by atoms with van der Waals surface area (Å²) in [7, 11) is 2.09. The number of nitrogens with one attached hydrogen (secondary N) is 1. The van der Waals surface area contributed by atoms with E-state index in [0.29, 0.717) is 6.54 Å². The topological polar surface area (TPSA) is 67.6 Å². The molecule has 0 saturated heterocycles. The van der Waals surface area contributed by atoms with Gasteiger partial charge in [-0.2, -0.15) is 0 Å². The van der Waals surface area contributed by atoms with Crippen LogP contribution >= 0.6 is 0 Å². The van der Waals surface area contributed by atoms with Gasteiger partial charge in [-0.1, -0.05) is 12.1 Å². The number of likely N-dealkylation sites (N-methyl/N-ethyl adjacent to an activating group) is 1. The molecule has 5 heteroatoms. The van der Waals surface area contributed by atoms with Gasteiger partial charge in [0.1, 0.15) is 5.60 Å². The fourth-order valence-electron chi connectivity index (χ4n) is 2.44. The second kappa shape index (κ2) is 5.93. The molecule has 0 spiro atoms. The van der Waals surface area contributed by atoms with Crippen molar-refractivity contribution in [1.29, 1.82) is 0 Å². The highest BCUT2D eigenvalue weighted by molar-refractivity contribution is 5.67. The molecule has 1 aliphatic rings. The second-order valence-electron chi connectivity index (χ2n) is 6.55. The van der Waals surface area contributed by atoms with E-state index in [9.17, 15) is 4.79 Å². The van der Waals surface area contributed by atoms with Gasteiger partial charge in [0.25, 0.3) is 0 Å². The molecule has 0 radical (unpaired) electrons. The fourth-order valence-corrected chi connectivity index (χ4v) is 2.44. The Kier molecular flexibility index (Phi) is 4.42. The average molecular weight is 291 g/mol. The van der Waals surface area contributed by atoms with Gasteiger partial charge in [-0.15, -0.1) is 0 Å². The molecule has 1 aliphatic heterocycles. The smallest absolute Gasteiger partial charge is 0.407 e. The van der Waals surface area contributed by atoms with Crippen LogP contribution in [0.15, 0.2) is 18.2 Å². The van der Waals surface area contributed by atoms with E-state index in [1.165, 1.54) is 11.3 Å². The lowest BCUT2D eigenvalue weighted by Gasteiger charge is -2.21. The monoisotopic (exact) mass is 291 g/mol. The number of nitrogens with zero attached hydrogens (tertiary/aromatic N) is 1. The van der Waals surface area contributed by atoms with Crippen LogP contribution in [-0.4, -0.2) is 31.8 Å². The Morgan fingerprint density at radius 2 is 2.19 bits per heavy atom. The summed E-state index contributed by atoms with van der Waals surface area (Å²) in [6.45, 7) is 6.92. The zero-order valence-corrected chi connectivity index (χ0v) is 13.3. The number of carbonyl (C=O) groups excluding carboxylic acids is 1. The van der Waals surface area contributed by atoms with E-state index in [0.717, 1.165) is 18.5 Å². The fraction of sp³-hybridized carbons (Fsp3) is 0.562. The van der Waals surface area contributed by atoms with Crippen molar-refractivity contribution in [3.8, 4) is 0 Å². The van der Waals surface area contributed by atoms with Crippen LogP contribution in [0.5, 0.6) is 0 Å². The molecular weight excluding hydrogens is 266 g/mol. The molecule has 2 rings (SSSR count). The SMILES string of the molecule is CN1CCc2cc(C(N)CNC(=O)OC(C)(C)C)ccc21. The highest BCUT2D eigenvalue weighted by atomic mass is 16.6. The number of nitrogens with two attached hydrogens (primary N) is 1. The number of alkyl carbamates (subject to hydrolysis) is 1. The van der Waals surface area contributed by atoms with E-state index in [2.05, 4.69) is 29.4 Å². The molecule has 1 atom stereocenters. The van der Waals surface area contributed by atoms with E-state index in [1.807, 2.05) is 26.8 Å². The molecule has 0 aliphatic carbocycles. The Labute approximate surface area is 126 Å². The highest BCUT2D eigenvalue weighted by Crippen LogP contribution is 2.28. The van der Waals surface area contributed by atoms with Crippen molar-refractivity contribution in [1.82, 2.24) is 5.32 Å². The maximum absolute atomic E-state index is 11.6. The minimum absolute atomic E-state index is 0.228. The number of ether oxygens (including phenoxy) is 1. The Bertz CT molecular complexity index is 523. The van der Waals surface area contributed by atoms with Crippen molar-refractivity contribution >= 4 is 11.8 Å². The van der Waals surface area contributed by atoms with Gasteiger partial charge < -0.3 is 20.7 Å². The molecule has 5 nitrogen and oxygen atoms in total. The van der Waals surface area contributed by atoms with Crippen molar-refractivity contribution < 1.29 is 9.53 Å². The lowest BCUT2D eigenvalue weighted by molar-refractivity contribution is 0.0524. The first-order chi connectivity index (χ1) is 9.76. The van der Waals surface area contributed by atoms with Crippen LogP contribution in [-0.2, 0) is 11.2 Å². The minimum atomic E-state index is -0.494. The van der Waals surface area contributed by atoms with Gasteiger partial charge in [0.15, 0.2) is 0 Å². The van der Waals surface area contributed by atoms with E-state index >= 15 is 0 Å². The van der Waals surface area contributed by atoms with Crippen LogP contribution in [0.4, 0.5) is 10.5 Å². The third-order valence-corrected chi connectivity index (χ3v) is 3.52. The maximum atomic E-state index is 11.6. The molecule has 1 aromatic rings. The van der Waals surface area contributed by atoms with E-state index in [1.54, 1.807) is 0 Å². The van der Waals surface area contributed by atoms with Gasteiger partial charge in [-0.05, 0) is 44.4 Å². The zero-order valence-electron chi connectivity index (χ0n) is 13.3. The average Bonchev–Trinajstić information content (AvgIpc) is 2.75. The normalized spacial score (nSPS) is 15.6. The summed E-state index contributed by atoms with van der Waals surface area (Å²) in [4.78, 5) is 13.9. The number of hydrogen-bond donors (Lipinski definition) is 2. The first kappa shape index (κ1) is 15.6. The van der Waals surface area contributed by atoms with Crippen LogP contribution in [0.3, 0.4) is 0 Å². The number of rotatable bonds is 3. The first-order valence-electron chi connectivity index (χ1n) is 7.32. The van der Waals surface area contributed by atoms with Gasteiger partial charge in [0.2, 0.25) is 0 Å². The molecule has 1 aromatic carbocycles. The Hall–Kier alpha value is -1.75. The molecule has 0 bridgehead atoms. The number of benzene rings is 1. The van der Waals surface area contributed by atoms with Gasteiger partial charge in [0, 0.05) is 31.9 Å². The lowest BCUT2D eigenvalue weighted by Crippen LogP contribution is -2.36. The summed E-state index contributed by atoms with van der Waals surface area (Å²) < 4.78 is 5.20. The zero-order chi connectivity index (χ0) is 15.6. The Balaban J connectivity index is 1.92. The second-order valence-corrected chi connectivity index (χ2v) is 6.55. The van der Waals surface area contributed by atoms with E-state index in [4.69, 9.17) is 10.5 Å². The van der Waals surface area contributed by atoms with Crippen LogP contribution in [0.25, 0.3) is 0 Å². The first-order valence-corrected chi connectivity index (χ1v) is 7.32. The van der Waals surface area contributed by atoms with Crippen LogP contribution in [0.1, 0.15) is 37.9 Å². The largest absolute Gasteiger partial charge is 0.444 e. The summed E-state index contributed by atoms with van der Waals surface area (Å²) in [5.74, 6) is 0. The van der Waals surface area contributed by atoms with Gasteiger partial charge >= 0.3 is 6.09 Å². The summed E-state index contributed by atoms with van der Waals surface area (Å²) in [5, 5.41) is 2.72. The van der Waals surface area contributed by atoms with Crippen molar-refractivity contribution in [3.63, 3.8) is 0 Å². The summed E-state index contributed by atoms with van der Waals surface area (Å²) in [6, 6.07) is 6.04. The van der Waals surface area contributed by atoms with E-state index in [-0.39, 0.29) is 6.04 Å². The molecule has 1 unspecified atom stereocenters. The third kappa shape index (κ3) is 4.11. The maximum Gasteiger partial charge on any atom is 0.407 e. The van der Waals surface area contributed by atoms with Gasteiger partial charge in [-0.25, -0.2) is 4.79 Å². The highest BCUT2D eigenvalue weighted by Gasteiger charge is 2.19. The van der Waals surface area contributed by atoms with Crippen molar-refractivity contribution in [2.75, 3.05) is 25.0 Å². The van der Waals surface area contributed by atoms with Crippen molar-refractivity contribution in [2.45, 2.75) is 38.8 Å². The van der Waals surface area contributed by atoms with Crippen LogP contribution in [0.2, 0.25) is 0 Å². The number of fused-ring (bicyclic) bond motifs is 1. The van der Waals surface area contributed by atoms with Crippen molar-refractivity contribution in [3.05, 3.63) is 29.3 Å². The molecule has 116 valence electrons. The molecule has 0 saturated carbocycles. The number of hydrogen-bond acceptors (Lipinski definition) is 4. The van der Waals surface area contributed by atoms with Crippen LogP contribution in [0, 0.1) is 0 Å². The minimum Gasteiger partial charge on any atom is -0.444 e. The molecule has 3 N–H and O–H groups in total. The molecule has 0 aromatic heterocycles. The molecule has 21 heavy (non-hydrogen) atoms. The molecule has 1 heterocycles. The number of amides is 1. The quantitative estimate of drug-likeness (QED) is 0.896. The van der Waals surface area contributed by atoms with Crippen molar-refractivity contribution in [2.24, 2.45) is 5.73 Å². The Morgan fingerprint density at radius 3 is 2.86 bits per heavy atom. The molecule has 1 amide bonds. The van der Waals surface area contributed by atoms with Gasteiger partial charge in [0.05, 0.1) is 0 Å². The molecule has 0 fully saturated rings. The number of carbonyl (C=O) groups is 1. The summed E-state index contributed by atoms with van der Waals surface area (Å²) in [5.41, 5.74) is 9.29. The van der Waals surface area contributed by atoms with Crippen LogP contribution < -0.4 is 16.0 Å². The summed E-state index contributed by atoms with van der Waals surface area (Å²) in [6.07, 6.45) is 0.616. The third-order valence-electron chi connectivity index (χ3n) is 3.52. The Morgan fingerprint density at radius 1 is 1.48 bits per heavy atom. The van der Waals surface area contributed by atoms with Gasteiger partial charge in [-0.3, -0.25) is 0 Å². The number of anilines is 1. The molecular formula is C16H25N3O2. The predicted octanol–water partition coefficient (Wildman–Crippen LogP) is 2.20. The standard InChI is InChI=1S/C16H25N3O2/c1-16(2,3)21-15(20)18-10-13(17)11-5-6-14-12(9-11)7-8-19(14)4/h5-6,9,13H,7-8,10,17H2,1-4H3,(H,18,20). The lowest BCUT2D eigenvalue weighted by atomic mass is 10.0. The summed E-state index contributed by atoms with van der Waals surface area (Å²) >= 11 is 0. The van der Waals surface area contributed by atoms with E-state index < -0.39 is 11.7 Å². The predicted molar refractivity (Wildman–Crippen MR) is 84.6 cm³/mol.